The first kappa shape index (κ1) is 18.1. The van der Waals surface area contributed by atoms with Crippen molar-refractivity contribution in [2.24, 2.45) is 0 Å². The van der Waals surface area contributed by atoms with E-state index >= 15 is 0 Å². The molecule has 134 valence electrons. The van der Waals surface area contributed by atoms with Gasteiger partial charge in [-0.15, -0.1) is 21.5 Å². The van der Waals surface area contributed by atoms with Gasteiger partial charge in [0.15, 0.2) is 5.16 Å². The summed E-state index contributed by atoms with van der Waals surface area (Å²) in [6, 6.07) is 0. The number of H-pyrrole nitrogens is 1. The first-order valence-electron chi connectivity index (χ1n) is 8.55. The molecule has 0 saturated carbocycles. The zero-order valence-corrected chi connectivity index (χ0v) is 16.6. The third-order valence-corrected chi connectivity index (χ3v) is 6.51. The van der Waals surface area contributed by atoms with E-state index < -0.39 is 0 Å². The summed E-state index contributed by atoms with van der Waals surface area (Å²) in [6.45, 7) is 9.14. The van der Waals surface area contributed by atoms with Crippen LogP contribution in [0.15, 0.2) is 16.3 Å². The lowest BCUT2D eigenvalue weighted by Gasteiger charge is -2.11. The number of hydrogen-bond donors (Lipinski definition) is 1. The quantitative estimate of drug-likeness (QED) is 0.492. The molecule has 1 N–H and O–H groups in total. The fraction of sp³-hybridized carbons (Fsp3) is 0.529. The zero-order valence-electron chi connectivity index (χ0n) is 15.0. The first-order chi connectivity index (χ1) is 12.0. The Hall–Kier alpha value is -1.67. The van der Waals surface area contributed by atoms with Crippen LogP contribution in [0.2, 0.25) is 0 Å². The van der Waals surface area contributed by atoms with E-state index in [0.717, 1.165) is 33.4 Å². The van der Waals surface area contributed by atoms with Gasteiger partial charge in [-0.1, -0.05) is 31.5 Å². The maximum Gasteiger partial charge on any atom is 0.259 e. The Morgan fingerprint density at radius 3 is 2.92 bits per heavy atom. The van der Waals surface area contributed by atoms with Crippen LogP contribution in [0.1, 0.15) is 54.6 Å². The van der Waals surface area contributed by atoms with Crippen molar-refractivity contribution < 1.29 is 0 Å². The van der Waals surface area contributed by atoms with Crippen molar-refractivity contribution in [3.63, 3.8) is 0 Å². The number of unbranched alkanes of at least 4 members (excludes halogenated alkanes) is 2. The summed E-state index contributed by atoms with van der Waals surface area (Å²) in [7, 11) is 0. The number of thioether (sulfide) groups is 1. The van der Waals surface area contributed by atoms with Gasteiger partial charge in [-0.05, 0) is 32.8 Å². The lowest BCUT2D eigenvalue weighted by atomic mass is 10.2. The van der Waals surface area contributed by atoms with Crippen molar-refractivity contribution in [2.75, 3.05) is 0 Å². The van der Waals surface area contributed by atoms with Crippen LogP contribution < -0.4 is 5.56 Å². The maximum atomic E-state index is 12.5. The van der Waals surface area contributed by atoms with E-state index in [9.17, 15) is 4.79 Å². The van der Waals surface area contributed by atoms with E-state index in [0.29, 0.717) is 11.2 Å². The molecule has 0 amide bonds. The molecule has 25 heavy (non-hydrogen) atoms. The van der Waals surface area contributed by atoms with Crippen LogP contribution in [-0.2, 0) is 6.54 Å². The third-order valence-electron chi connectivity index (χ3n) is 4.31. The van der Waals surface area contributed by atoms with Gasteiger partial charge in [0.1, 0.15) is 17.0 Å². The predicted octanol–water partition coefficient (Wildman–Crippen LogP) is 4.24. The number of nitrogens with zero attached hydrogens (tertiary/aromatic N) is 4. The number of aryl methyl sites for hydroxylation is 3. The molecular weight excluding hydrogens is 354 g/mol. The SMILES string of the molecule is CCCCCn1cnnc1S[C@@H](C)c1nc2sc(C)c(C)c2c(=O)[nH]1. The lowest BCUT2D eigenvalue weighted by Crippen LogP contribution is -2.12. The average molecular weight is 378 g/mol. The van der Waals surface area contributed by atoms with Gasteiger partial charge in [-0.3, -0.25) is 4.79 Å². The Kier molecular flexibility index (Phi) is 5.58. The Balaban J connectivity index is 1.82. The Morgan fingerprint density at radius 2 is 2.16 bits per heavy atom. The molecule has 6 nitrogen and oxygen atoms in total. The van der Waals surface area contributed by atoms with Gasteiger partial charge >= 0.3 is 0 Å². The minimum atomic E-state index is -0.0567. The van der Waals surface area contributed by atoms with Crippen molar-refractivity contribution in [2.45, 2.75) is 63.9 Å². The highest BCUT2D eigenvalue weighted by Gasteiger charge is 2.18. The fourth-order valence-electron chi connectivity index (χ4n) is 2.70. The number of thiophene rings is 1. The highest BCUT2D eigenvalue weighted by molar-refractivity contribution is 7.99. The maximum absolute atomic E-state index is 12.5. The molecule has 3 heterocycles. The van der Waals surface area contributed by atoms with Gasteiger partial charge in [0.2, 0.25) is 0 Å². The van der Waals surface area contributed by atoms with E-state index in [1.165, 1.54) is 12.8 Å². The molecule has 0 spiro atoms. The fourth-order valence-corrected chi connectivity index (χ4v) is 4.64. The Labute approximate surface area is 155 Å². The van der Waals surface area contributed by atoms with Gasteiger partial charge in [-0.25, -0.2) is 4.98 Å². The molecular formula is C17H23N5OS2. The molecule has 3 aromatic heterocycles. The molecule has 1 atom stereocenters. The minimum absolute atomic E-state index is 0.00561. The molecule has 0 unspecified atom stereocenters. The van der Waals surface area contributed by atoms with Crippen LogP contribution in [-0.4, -0.2) is 24.7 Å². The van der Waals surface area contributed by atoms with Gasteiger partial charge in [0, 0.05) is 11.4 Å². The number of hydrogen-bond acceptors (Lipinski definition) is 6. The topological polar surface area (TPSA) is 76.5 Å². The van der Waals surface area contributed by atoms with Crippen molar-refractivity contribution in [1.29, 1.82) is 0 Å². The number of fused-ring (bicyclic) bond motifs is 1. The number of aromatic amines is 1. The predicted molar refractivity (Wildman–Crippen MR) is 104 cm³/mol. The summed E-state index contributed by atoms with van der Waals surface area (Å²) in [6.07, 6.45) is 5.27. The Morgan fingerprint density at radius 1 is 1.36 bits per heavy atom. The lowest BCUT2D eigenvalue weighted by molar-refractivity contribution is 0.565. The van der Waals surface area contributed by atoms with Crippen LogP contribution in [0.4, 0.5) is 0 Å². The largest absolute Gasteiger partial charge is 0.309 e. The van der Waals surface area contributed by atoms with E-state index in [2.05, 4.69) is 31.7 Å². The second-order valence-electron chi connectivity index (χ2n) is 6.19. The van der Waals surface area contributed by atoms with Crippen molar-refractivity contribution in [1.82, 2.24) is 24.7 Å². The second kappa shape index (κ2) is 7.70. The van der Waals surface area contributed by atoms with E-state index in [-0.39, 0.29) is 10.8 Å². The Bertz CT molecular complexity index is 927. The van der Waals surface area contributed by atoms with Gasteiger partial charge in [0.05, 0.1) is 10.6 Å². The highest BCUT2D eigenvalue weighted by Crippen LogP contribution is 2.33. The molecule has 3 rings (SSSR count). The molecule has 0 aliphatic carbocycles. The molecule has 0 radical (unpaired) electrons. The number of nitrogens with one attached hydrogen (secondary N) is 1. The molecule has 8 heteroatoms. The number of aromatic nitrogens is 5. The van der Waals surface area contributed by atoms with E-state index in [1.54, 1.807) is 29.4 Å². The monoisotopic (exact) mass is 377 g/mol. The molecule has 0 fully saturated rings. The van der Waals surface area contributed by atoms with Crippen LogP contribution in [0.5, 0.6) is 0 Å². The van der Waals surface area contributed by atoms with Crippen molar-refractivity contribution in [3.05, 3.63) is 32.9 Å². The summed E-state index contributed by atoms with van der Waals surface area (Å²) >= 11 is 3.15. The normalized spacial score (nSPS) is 12.8. The molecule has 0 bridgehead atoms. The van der Waals surface area contributed by atoms with Crippen LogP contribution >= 0.6 is 23.1 Å². The second-order valence-corrected chi connectivity index (χ2v) is 8.70. The molecule has 0 saturated heterocycles. The molecule has 0 aliphatic heterocycles. The third kappa shape index (κ3) is 3.79. The summed E-state index contributed by atoms with van der Waals surface area (Å²) < 4.78 is 2.08. The summed E-state index contributed by atoms with van der Waals surface area (Å²) in [5.41, 5.74) is 0.968. The summed E-state index contributed by atoms with van der Waals surface area (Å²) in [4.78, 5) is 22.0. The van der Waals surface area contributed by atoms with E-state index in [1.807, 2.05) is 20.8 Å². The minimum Gasteiger partial charge on any atom is -0.309 e. The van der Waals surface area contributed by atoms with Gasteiger partial charge in [-0.2, -0.15) is 0 Å². The van der Waals surface area contributed by atoms with Crippen molar-refractivity contribution >= 4 is 33.3 Å². The van der Waals surface area contributed by atoms with E-state index in [4.69, 9.17) is 0 Å². The zero-order chi connectivity index (χ0) is 18.0. The van der Waals surface area contributed by atoms with Crippen molar-refractivity contribution in [3.8, 4) is 0 Å². The summed E-state index contributed by atoms with van der Waals surface area (Å²) in [5.74, 6) is 0.687. The van der Waals surface area contributed by atoms with Gasteiger partial charge in [0.25, 0.3) is 5.56 Å². The smallest absolute Gasteiger partial charge is 0.259 e. The standard InChI is InChI=1S/C17H23N5OS2/c1-5-6-7-8-22-9-18-21-17(22)25-12(4)14-19-15(23)13-10(2)11(3)24-16(13)20-14/h9,12H,5-8H2,1-4H3,(H,19,20,23)/t12-/m0/s1. The highest BCUT2D eigenvalue weighted by atomic mass is 32.2. The summed E-state index contributed by atoms with van der Waals surface area (Å²) in [5, 5.41) is 9.83. The van der Waals surface area contributed by atoms with Crippen LogP contribution in [0, 0.1) is 13.8 Å². The van der Waals surface area contributed by atoms with Crippen LogP contribution in [0.25, 0.3) is 10.2 Å². The first-order valence-corrected chi connectivity index (χ1v) is 10.2. The van der Waals surface area contributed by atoms with Gasteiger partial charge < -0.3 is 9.55 Å². The number of rotatable bonds is 7. The molecule has 3 aromatic rings. The molecule has 0 aliphatic rings. The average Bonchev–Trinajstić information content (AvgIpc) is 3.12. The molecule has 0 aromatic carbocycles. The van der Waals surface area contributed by atoms with Crippen LogP contribution in [0.3, 0.4) is 0 Å².